The maximum absolute atomic E-state index is 15.3. The van der Waals surface area contributed by atoms with Crippen molar-refractivity contribution < 1.29 is 38.1 Å². The molecule has 1 spiro atoms. The number of ether oxygens (including phenoxy) is 5. The van der Waals surface area contributed by atoms with E-state index in [0.717, 1.165) is 133 Å². The molecule has 1 aromatic carbocycles. The van der Waals surface area contributed by atoms with Crippen molar-refractivity contribution in [2.75, 3.05) is 97.5 Å². The summed E-state index contributed by atoms with van der Waals surface area (Å²) in [6.45, 7) is 20.5. The number of pyridine rings is 1. The van der Waals surface area contributed by atoms with Gasteiger partial charge in [-0.05, 0) is 100 Å². The molecule has 77 heavy (non-hydrogen) atoms. The van der Waals surface area contributed by atoms with Gasteiger partial charge in [0.1, 0.15) is 17.1 Å². The summed E-state index contributed by atoms with van der Waals surface area (Å²) in [6, 6.07) is 7.50. The van der Waals surface area contributed by atoms with Crippen LogP contribution in [-0.4, -0.2) is 164 Å². The minimum atomic E-state index is -0.965. The third-order valence-corrected chi connectivity index (χ3v) is 19.5. The fourth-order valence-electron chi connectivity index (χ4n) is 13.6. The van der Waals surface area contributed by atoms with E-state index in [0.29, 0.717) is 58.8 Å². The van der Waals surface area contributed by atoms with Crippen LogP contribution in [0.2, 0.25) is 0 Å². The highest BCUT2D eigenvalue weighted by Gasteiger charge is 2.54. The number of nitrogens with zero attached hydrogens (tertiary/aromatic N) is 7. The number of likely N-dealkylation sites (tertiary alicyclic amines) is 1. The number of piperazine rings is 1. The Morgan fingerprint density at radius 1 is 0.948 bits per heavy atom. The molecule has 416 valence electrons. The highest BCUT2D eigenvalue weighted by atomic mass is 32.1. The number of rotatable bonds is 12. The molecular formula is C59H81N9O8S. The van der Waals surface area contributed by atoms with E-state index >= 15 is 4.79 Å². The van der Waals surface area contributed by atoms with Gasteiger partial charge >= 0.3 is 5.97 Å². The average Bonchev–Trinajstić information content (AvgIpc) is 4.43. The van der Waals surface area contributed by atoms with Crippen molar-refractivity contribution in [1.82, 2.24) is 40.1 Å². The summed E-state index contributed by atoms with van der Waals surface area (Å²) in [5.74, 6) is -0.534. The summed E-state index contributed by atoms with van der Waals surface area (Å²) >= 11 is 1.54. The number of carbonyl (C=O) groups excluding carboxylic acids is 3. The van der Waals surface area contributed by atoms with Crippen LogP contribution < -0.4 is 15.6 Å². The number of hydrogen-bond acceptors (Lipinski definition) is 15. The van der Waals surface area contributed by atoms with Gasteiger partial charge in [0.25, 0.3) is 5.91 Å². The maximum Gasteiger partial charge on any atom is 0.324 e. The first-order chi connectivity index (χ1) is 37.3. The van der Waals surface area contributed by atoms with Gasteiger partial charge in [-0.25, -0.2) is 10.4 Å². The Hall–Kier alpha value is -4.53. The molecule has 4 aromatic rings. The number of anilines is 1. The van der Waals surface area contributed by atoms with Gasteiger partial charge in [0, 0.05) is 129 Å². The lowest BCUT2D eigenvalue weighted by atomic mass is 9.74. The molecule has 6 aliphatic heterocycles. The molecule has 3 aromatic heterocycles. The molecular weight excluding hydrogens is 995 g/mol. The van der Waals surface area contributed by atoms with Crippen LogP contribution >= 0.6 is 11.3 Å². The molecule has 2 saturated carbocycles. The summed E-state index contributed by atoms with van der Waals surface area (Å²) < 4.78 is 33.4. The van der Waals surface area contributed by atoms with E-state index in [-0.39, 0.29) is 53.8 Å². The number of esters is 1. The summed E-state index contributed by atoms with van der Waals surface area (Å²) in [5, 5.41) is 8.86. The van der Waals surface area contributed by atoms with Crippen molar-refractivity contribution in [3.63, 3.8) is 0 Å². The normalized spacial score (nSPS) is 28.8. The second-order valence-electron chi connectivity index (χ2n) is 24.7. The van der Waals surface area contributed by atoms with Gasteiger partial charge in [-0.1, -0.05) is 33.8 Å². The third-order valence-electron chi connectivity index (χ3n) is 18.6. The van der Waals surface area contributed by atoms with Gasteiger partial charge in [-0.15, -0.1) is 11.3 Å². The molecule has 6 bridgehead atoms. The Morgan fingerprint density at radius 2 is 1.74 bits per heavy atom. The number of nitrogens with one attached hydrogen (secondary N) is 2. The van der Waals surface area contributed by atoms with E-state index in [9.17, 15) is 9.59 Å². The van der Waals surface area contributed by atoms with Gasteiger partial charge in [-0.3, -0.25) is 34.2 Å². The predicted molar refractivity (Wildman–Crippen MR) is 295 cm³/mol. The Morgan fingerprint density at radius 3 is 2.47 bits per heavy atom. The minimum Gasteiger partial charge on any atom is -0.464 e. The Kier molecular flexibility index (Phi) is 15.1. The first-order valence-corrected chi connectivity index (χ1v) is 29.8. The monoisotopic (exact) mass is 1080 g/mol. The van der Waals surface area contributed by atoms with Crippen LogP contribution in [0, 0.1) is 28.6 Å². The molecule has 2 amide bonds. The Bertz CT molecular complexity index is 2800. The number of carbonyl (C=O) groups is 3. The fourth-order valence-corrected chi connectivity index (χ4v) is 14.6. The molecule has 7 atom stereocenters. The molecule has 2 aliphatic carbocycles. The molecule has 9 heterocycles. The summed E-state index contributed by atoms with van der Waals surface area (Å²) in [6.07, 6.45) is 9.92. The number of hydrazine groups is 1. The van der Waals surface area contributed by atoms with Gasteiger partial charge in [0.05, 0.1) is 67.0 Å². The van der Waals surface area contributed by atoms with Crippen molar-refractivity contribution in [2.24, 2.45) is 28.6 Å². The number of amides is 2. The predicted octanol–water partition coefficient (Wildman–Crippen LogP) is 7.18. The number of thiazole rings is 1. The lowest BCUT2D eigenvalue weighted by Crippen LogP contribution is -2.67. The van der Waals surface area contributed by atoms with Crippen molar-refractivity contribution >= 4 is 45.7 Å². The van der Waals surface area contributed by atoms with E-state index in [2.05, 4.69) is 94.3 Å². The second-order valence-corrected chi connectivity index (χ2v) is 25.6. The molecule has 8 aliphatic rings. The maximum atomic E-state index is 15.3. The van der Waals surface area contributed by atoms with E-state index in [4.69, 9.17) is 33.7 Å². The van der Waals surface area contributed by atoms with Gasteiger partial charge in [0.2, 0.25) is 5.91 Å². The van der Waals surface area contributed by atoms with Crippen molar-refractivity contribution in [3.8, 4) is 22.5 Å². The van der Waals surface area contributed by atoms with Gasteiger partial charge in [0.15, 0.2) is 0 Å². The number of fused-ring (bicyclic) bond motifs is 6. The smallest absolute Gasteiger partial charge is 0.324 e. The number of cyclic esters (lactones) is 1. The molecule has 2 N–H and O–H groups in total. The van der Waals surface area contributed by atoms with Crippen molar-refractivity contribution in [1.29, 1.82) is 0 Å². The highest BCUT2D eigenvalue weighted by molar-refractivity contribution is 7.10. The highest BCUT2D eigenvalue weighted by Crippen LogP contribution is 2.49. The molecule has 17 nitrogen and oxygen atoms in total. The largest absolute Gasteiger partial charge is 0.464 e. The van der Waals surface area contributed by atoms with E-state index < -0.39 is 29.5 Å². The number of benzene rings is 1. The van der Waals surface area contributed by atoms with E-state index in [1.165, 1.54) is 12.8 Å². The lowest BCUT2D eigenvalue weighted by molar-refractivity contribution is -0.158. The SMILES string of the molecule is CO[C@@H](C)c1ncc(N2CCN(C3CC3)CC2)cc1-c1c2c3cc(ccc3n1CCOC1CCOCC1)-c1csc(n1)[C@@H](N1CC3(CCCOC3)C1)[C@H](NC(=O)C1[C@@H](C)[C@H]1C)C(=O)N1CCC[C@H](N1)C(=O)OCC(C)(C)C2. The molecule has 18 heteroatoms. The quantitative estimate of drug-likeness (QED) is 0.137. The molecule has 1 unspecified atom stereocenters. The van der Waals surface area contributed by atoms with E-state index in [1.54, 1.807) is 23.5 Å². The Balaban J connectivity index is 1.00. The van der Waals surface area contributed by atoms with Crippen LogP contribution in [0.1, 0.15) is 114 Å². The zero-order valence-electron chi connectivity index (χ0n) is 46.2. The van der Waals surface area contributed by atoms with Crippen molar-refractivity contribution in [3.05, 3.63) is 52.1 Å². The van der Waals surface area contributed by atoms with Crippen LogP contribution in [0.4, 0.5) is 5.69 Å². The molecule has 7 fully saturated rings. The number of methoxy groups -OCH3 is 1. The summed E-state index contributed by atoms with van der Waals surface area (Å²) in [7, 11) is 1.75. The average molecular weight is 1080 g/mol. The second kappa shape index (κ2) is 21.8. The zero-order chi connectivity index (χ0) is 53.2. The van der Waals surface area contributed by atoms with Gasteiger partial charge < -0.3 is 38.5 Å². The van der Waals surface area contributed by atoms with Gasteiger partial charge in [-0.2, -0.15) is 0 Å². The third kappa shape index (κ3) is 10.8. The topological polar surface area (TPSA) is 165 Å². The van der Waals surface area contributed by atoms with Crippen LogP contribution in [0.5, 0.6) is 0 Å². The summed E-state index contributed by atoms with van der Waals surface area (Å²) in [4.78, 5) is 62.3. The number of aromatic nitrogens is 3. The molecule has 0 radical (unpaired) electrons. The van der Waals surface area contributed by atoms with Crippen molar-refractivity contribution in [2.45, 2.75) is 135 Å². The van der Waals surface area contributed by atoms with Crippen LogP contribution in [0.3, 0.4) is 0 Å². The number of hydrogen-bond donors (Lipinski definition) is 2. The molecule has 5 saturated heterocycles. The van der Waals surface area contributed by atoms with Crippen LogP contribution in [0.15, 0.2) is 35.8 Å². The zero-order valence-corrected chi connectivity index (χ0v) is 47.0. The lowest BCUT2D eigenvalue weighted by Gasteiger charge is -2.55. The minimum absolute atomic E-state index is 0.0172. The first-order valence-electron chi connectivity index (χ1n) is 29.0. The standard InChI is InChI=1S/C59H81N9O8S/c1-36-37(2)49(36)54(69)62-51-53(66-32-59(33-66)16-8-23-74-35-59)55-61-47(31-77-55)39-10-13-48-43(27-39)45(29-58(4,5)34-76-57(71)46-9-7-17-68(63-46)56(51)70)52(67(48)22-26-75-42-14-24-73-25-15-42)44-28-41(30-60-50(44)38(3)72-6)65-20-18-64(19-21-65)40-11-12-40/h10,13,27-28,30-31,36-38,40,42,46,49,51,53,63H,7-9,11-12,14-26,29,32-35H2,1-6H3,(H,62,69)/t36-,37+,38-,46-,49?,51-,53-/m0/s1. The van der Waals surface area contributed by atoms with Crippen LogP contribution in [-0.2, 0) is 51.0 Å². The fraction of sp³-hybridized carbons (Fsp3) is 0.678. The summed E-state index contributed by atoms with van der Waals surface area (Å²) in [5.41, 5.74) is 10.7. The first kappa shape index (κ1) is 53.1. The van der Waals surface area contributed by atoms with Crippen LogP contribution in [0.25, 0.3) is 33.4 Å². The Labute approximate surface area is 458 Å². The molecule has 12 rings (SSSR count). The van der Waals surface area contributed by atoms with E-state index in [1.807, 2.05) is 6.20 Å².